The van der Waals surface area contributed by atoms with Crippen molar-refractivity contribution >= 4 is 55.6 Å². The van der Waals surface area contributed by atoms with Crippen LogP contribution < -0.4 is 10.2 Å². The van der Waals surface area contributed by atoms with Gasteiger partial charge in [-0.15, -0.1) is 0 Å². The van der Waals surface area contributed by atoms with Gasteiger partial charge in [-0.2, -0.15) is 5.10 Å². The normalized spacial score (nSPS) is 10.8. The van der Waals surface area contributed by atoms with Crippen LogP contribution in [0.2, 0.25) is 5.02 Å². The van der Waals surface area contributed by atoms with Gasteiger partial charge in [0.15, 0.2) is 11.5 Å². The minimum absolute atomic E-state index is 0.0262. The van der Waals surface area contributed by atoms with Crippen LogP contribution in [-0.4, -0.2) is 24.3 Å². The van der Waals surface area contributed by atoms with Gasteiger partial charge in [-0.1, -0.05) is 11.6 Å². The molecule has 0 saturated heterocycles. The number of aromatic hydroxyl groups is 1. The van der Waals surface area contributed by atoms with Crippen LogP contribution in [0.15, 0.2) is 44.4 Å². The van der Waals surface area contributed by atoms with Gasteiger partial charge in [0.2, 0.25) is 0 Å². The Kier molecular flexibility index (Phi) is 6.04. The molecule has 5 nitrogen and oxygen atoms in total. The highest BCUT2D eigenvalue weighted by atomic mass is 79.9. The highest BCUT2D eigenvalue weighted by molar-refractivity contribution is 9.13. The van der Waals surface area contributed by atoms with E-state index in [1.165, 1.54) is 13.3 Å². The second-order valence-corrected chi connectivity index (χ2v) is 6.37. The van der Waals surface area contributed by atoms with Crippen molar-refractivity contribution in [2.24, 2.45) is 5.10 Å². The number of hydrazone groups is 1. The second-order valence-electron chi connectivity index (χ2n) is 4.35. The number of hydrogen-bond donors (Lipinski definition) is 2. The number of hydrogen-bond acceptors (Lipinski definition) is 4. The van der Waals surface area contributed by atoms with Crippen LogP contribution in [0, 0.1) is 0 Å². The second kappa shape index (κ2) is 7.81. The minimum atomic E-state index is -0.362. The molecule has 0 aliphatic heterocycles. The maximum atomic E-state index is 11.9. The summed E-state index contributed by atoms with van der Waals surface area (Å²) < 4.78 is 6.08. The molecule has 23 heavy (non-hydrogen) atoms. The molecule has 0 heterocycles. The van der Waals surface area contributed by atoms with Gasteiger partial charge >= 0.3 is 0 Å². The summed E-state index contributed by atoms with van der Waals surface area (Å²) in [6.07, 6.45) is 1.44. The third-order valence-electron chi connectivity index (χ3n) is 2.87. The smallest absolute Gasteiger partial charge is 0.271 e. The molecule has 0 aliphatic carbocycles. The van der Waals surface area contributed by atoms with Gasteiger partial charge in [-0.05, 0) is 62.2 Å². The lowest BCUT2D eigenvalue weighted by Gasteiger charge is -2.09. The SMILES string of the molecule is COc1cc(/C=N\NC(=O)c2ccc(Cl)cc2)c(Br)c(Br)c1O. The van der Waals surface area contributed by atoms with Crippen molar-refractivity contribution in [3.05, 3.63) is 55.4 Å². The highest BCUT2D eigenvalue weighted by Crippen LogP contribution is 2.41. The number of halogens is 3. The van der Waals surface area contributed by atoms with E-state index >= 15 is 0 Å². The van der Waals surface area contributed by atoms with Gasteiger partial charge in [-0.25, -0.2) is 5.43 Å². The number of phenols is 1. The molecule has 0 saturated carbocycles. The molecule has 2 aromatic rings. The molecule has 2 aromatic carbocycles. The van der Waals surface area contributed by atoms with Crippen LogP contribution in [0.4, 0.5) is 0 Å². The summed E-state index contributed by atoms with van der Waals surface area (Å²) in [7, 11) is 1.44. The highest BCUT2D eigenvalue weighted by Gasteiger charge is 2.13. The van der Waals surface area contributed by atoms with Crippen molar-refractivity contribution in [1.29, 1.82) is 0 Å². The summed E-state index contributed by atoms with van der Waals surface area (Å²) in [6.45, 7) is 0. The van der Waals surface area contributed by atoms with E-state index in [-0.39, 0.29) is 17.4 Å². The first-order valence-corrected chi connectivity index (χ1v) is 8.24. The number of nitrogens with one attached hydrogen (secondary N) is 1. The fourth-order valence-corrected chi connectivity index (χ4v) is 2.64. The monoisotopic (exact) mass is 460 g/mol. The Morgan fingerprint density at radius 3 is 2.57 bits per heavy atom. The molecular formula is C15H11Br2ClN2O3. The first-order valence-electron chi connectivity index (χ1n) is 6.28. The largest absolute Gasteiger partial charge is 0.503 e. The van der Waals surface area contributed by atoms with Gasteiger partial charge in [0.1, 0.15) is 0 Å². The molecule has 120 valence electrons. The molecule has 0 bridgehead atoms. The third kappa shape index (κ3) is 4.25. The van der Waals surface area contributed by atoms with E-state index in [0.717, 1.165) is 0 Å². The van der Waals surface area contributed by atoms with Crippen molar-refractivity contribution in [2.75, 3.05) is 7.11 Å². The Morgan fingerprint density at radius 2 is 1.96 bits per heavy atom. The van der Waals surface area contributed by atoms with Crippen molar-refractivity contribution < 1.29 is 14.6 Å². The molecule has 0 spiro atoms. The molecule has 2 rings (SSSR count). The molecule has 0 aromatic heterocycles. The number of nitrogens with zero attached hydrogens (tertiary/aromatic N) is 1. The summed E-state index contributed by atoms with van der Waals surface area (Å²) >= 11 is 12.4. The number of carbonyl (C=O) groups excluding carboxylic acids is 1. The average molecular weight is 463 g/mol. The first-order chi connectivity index (χ1) is 10.9. The molecule has 0 fully saturated rings. The zero-order chi connectivity index (χ0) is 17.0. The van der Waals surface area contributed by atoms with E-state index in [0.29, 0.717) is 25.1 Å². The standard InChI is InChI=1S/C15H11Br2ClN2O3/c1-23-11-6-9(12(16)13(17)14(11)21)7-19-20-15(22)8-2-4-10(18)5-3-8/h2-7,21H,1H3,(H,20,22)/b19-7-. The van der Waals surface area contributed by atoms with E-state index in [1.807, 2.05) is 0 Å². The minimum Gasteiger partial charge on any atom is -0.503 e. The average Bonchev–Trinajstić information content (AvgIpc) is 2.55. The zero-order valence-electron chi connectivity index (χ0n) is 11.8. The topological polar surface area (TPSA) is 70.9 Å². The summed E-state index contributed by atoms with van der Waals surface area (Å²) in [6, 6.07) is 8.03. The van der Waals surface area contributed by atoms with Crippen molar-refractivity contribution in [3.8, 4) is 11.5 Å². The number of carbonyl (C=O) groups is 1. The summed E-state index contributed by atoms with van der Waals surface area (Å²) in [4.78, 5) is 11.9. The number of ether oxygens (including phenoxy) is 1. The van der Waals surface area contributed by atoms with Crippen LogP contribution in [0.25, 0.3) is 0 Å². The van der Waals surface area contributed by atoms with Gasteiger partial charge in [0.25, 0.3) is 5.91 Å². The predicted octanol–water partition coefficient (Wildman–Crippen LogP) is 4.34. The number of benzene rings is 2. The van der Waals surface area contributed by atoms with Gasteiger partial charge in [-0.3, -0.25) is 4.79 Å². The molecule has 2 N–H and O–H groups in total. The van der Waals surface area contributed by atoms with Crippen molar-refractivity contribution in [2.45, 2.75) is 0 Å². The van der Waals surface area contributed by atoms with Crippen molar-refractivity contribution in [3.63, 3.8) is 0 Å². The number of rotatable bonds is 4. The lowest BCUT2D eigenvalue weighted by atomic mass is 10.2. The maximum Gasteiger partial charge on any atom is 0.271 e. The Hall–Kier alpha value is -1.57. The van der Waals surface area contributed by atoms with Crippen LogP contribution in [-0.2, 0) is 0 Å². The quantitative estimate of drug-likeness (QED) is 0.525. The van der Waals surface area contributed by atoms with Gasteiger partial charge in [0, 0.05) is 20.6 Å². The van der Waals surface area contributed by atoms with E-state index < -0.39 is 0 Å². The Bertz CT molecular complexity index is 764. The number of amides is 1. The molecular weight excluding hydrogens is 451 g/mol. The molecule has 0 radical (unpaired) electrons. The first kappa shape index (κ1) is 17.8. The summed E-state index contributed by atoms with van der Waals surface area (Å²) in [5, 5.41) is 14.3. The van der Waals surface area contributed by atoms with Gasteiger partial charge in [0.05, 0.1) is 17.8 Å². The predicted molar refractivity (Wildman–Crippen MR) is 96.6 cm³/mol. The fourth-order valence-electron chi connectivity index (χ4n) is 1.69. The van der Waals surface area contributed by atoms with Crippen molar-refractivity contribution in [1.82, 2.24) is 5.43 Å². The Balaban J connectivity index is 2.16. The lowest BCUT2D eigenvalue weighted by molar-refractivity contribution is 0.0955. The number of phenolic OH excluding ortho intramolecular Hbond substituents is 1. The molecule has 0 unspecified atom stereocenters. The summed E-state index contributed by atoms with van der Waals surface area (Å²) in [5.74, 6) is -0.105. The molecule has 0 aliphatic rings. The maximum absolute atomic E-state index is 11.9. The zero-order valence-corrected chi connectivity index (χ0v) is 15.7. The van der Waals surface area contributed by atoms with E-state index in [4.69, 9.17) is 16.3 Å². The fraction of sp³-hybridized carbons (Fsp3) is 0.0667. The Morgan fingerprint density at radius 1 is 1.30 bits per heavy atom. The Labute approximate surface area is 154 Å². The van der Waals surface area contributed by atoms with Crippen LogP contribution in [0.1, 0.15) is 15.9 Å². The molecule has 0 atom stereocenters. The van der Waals surface area contributed by atoms with E-state index in [9.17, 15) is 9.90 Å². The van der Waals surface area contributed by atoms with Gasteiger partial charge < -0.3 is 9.84 Å². The lowest BCUT2D eigenvalue weighted by Crippen LogP contribution is -2.17. The van der Waals surface area contributed by atoms with Crippen LogP contribution >= 0.6 is 43.5 Å². The number of methoxy groups -OCH3 is 1. The molecule has 8 heteroatoms. The van der Waals surface area contributed by atoms with E-state index in [2.05, 4.69) is 42.4 Å². The third-order valence-corrected chi connectivity index (χ3v) is 5.28. The van der Waals surface area contributed by atoms with Crippen LogP contribution in [0.5, 0.6) is 11.5 Å². The summed E-state index contributed by atoms with van der Waals surface area (Å²) in [5.41, 5.74) is 3.47. The molecule has 1 amide bonds. The van der Waals surface area contributed by atoms with Crippen LogP contribution in [0.3, 0.4) is 0 Å². The van der Waals surface area contributed by atoms with E-state index in [1.54, 1.807) is 30.3 Å².